The summed E-state index contributed by atoms with van der Waals surface area (Å²) in [5.41, 5.74) is -0.839. The van der Waals surface area contributed by atoms with E-state index in [1.165, 1.54) is 10.8 Å². The van der Waals surface area contributed by atoms with E-state index < -0.39 is 17.4 Å². The molecule has 1 saturated heterocycles. The molecule has 0 radical (unpaired) electrons. The molecule has 148 valence electrons. The highest BCUT2D eigenvalue weighted by molar-refractivity contribution is 5.79. The third-order valence-electron chi connectivity index (χ3n) is 5.59. The molecule has 2 aliphatic heterocycles. The summed E-state index contributed by atoms with van der Waals surface area (Å²) in [6.45, 7) is 5.93. The summed E-state index contributed by atoms with van der Waals surface area (Å²) in [7, 11) is 0. The van der Waals surface area contributed by atoms with Crippen LogP contribution in [0, 0.1) is 0 Å². The van der Waals surface area contributed by atoms with Crippen molar-refractivity contribution < 1.29 is 14.7 Å². The van der Waals surface area contributed by atoms with Crippen molar-refractivity contribution in [1.82, 2.24) is 14.5 Å². The Morgan fingerprint density at radius 2 is 2.04 bits per heavy atom. The highest BCUT2D eigenvalue weighted by Crippen LogP contribution is 2.42. The molecule has 3 heterocycles. The summed E-state index contributed by atoms with van der Waals surface area (Å²) in [6, 6.07) is -0.998. The van der Waals surface area contributed by atoms with Crippen molar-refractivity contribution in [2.45, 2.75) is 63.8 Å². The van der Waals surface area contributed by atoms with Gasteiger partial charge in [-0.1, -0.05) is 13.8 Å². The van der Waals surface area contributed by atoms with Gasteiger partial charge in [-0.05, 0) is 32.1 Å². The number of hydrogen-bond acceptors (Lipinski definition) is 5. The summed E-state index contributed by atoms with van der Waals surface area (Å²) >= 11 is 0. The number of anilines is 1. The highest BCUT2D eigenvalue weighted by atomic mass is 16.4. The molecule has 1 amide bonds. The Balaban J connectivity index is 1.93. The lowest BCUT2D eigenvalue weighted by atomic mass is 9.82. The van der Waals surface area contributed by atoms with E-state index in [0.29, 0.717) is 18.1 Å². The molecule has 0 saturated carbocycles. The van der Waals surface area contributed by atoms with Gasteiger partial charge in [-0.15, -0.1) is 0 Å². The molecule has 1 aromatic rings. The molecular formula is C19H28N4O4. The number of fused-ring (bicyclic) bond motifs is 1. The predicted molar refractivity (Wildman–Crippen MR) is 101 cm³/mol. The normalized spacial score (nSPS) is 24.5. The van der Waals surface area contributed by atoms with Crippen LogP contribution in [0.3, 0.4) is 0 Å². The Hall–Kier alpha value is -2.38. The maximum atomic E-state index is 12.9. The molecule has 2 atom stereocenters. The Bertz CT molecular complexity index is 784. The number of carbonyl (C=O) groups excluding carboxylic acids is 1. The first-order valence-corrected chi connectivity index (χ1v) is 9.74. The fraction of sp³-hybridized carbons (Fsp3) is 0.684. The number of aliphatic carboxylic acids is 1. The molecule has 0 aliphatic carbocycles. The number of hydrogen-bond donors (Lipinski definition) is 2. The third kappa shape index (κ3) is 3.70. The summed E-state index contributed by atoms with van der Waals surface area (Å²) in [5, 5.41) is 12.7. The van der Waals surface area contributed by atoms with E-state index in [1.54, 1.807) is 0 Å². The van der Waals surface area contributed by atoms with E-state index >= 15 is 0 Å². The van der Waals surface area contributed by atoms with Crippen molar-refractivity contribution in [3.63, 3.8) is 0 Å². The molecule has 0 spiro atoms. The first-order chi connectivity index (χ1) is 12.9. The van der Waals surface area contributed by atoms with Crippen molar-refractivity contribution in [1.29, 1.82) is 0 Å². The largest absolute Gasteiger partial charge is 0.480 e. The van der Waals surface area contributed by atoms with Gasteiger partial charge in [0, 0.05) is 31.5 Å². The topological polar surface area (TPSA) is 105 Å². The average Bonchev–Trinajstić information content (AvgIpc) is 2.95. The molecule has 27 heavy (non-hydrogen) atoms. The molecule has 0 unspecified atom stereocenters. The van der Waals surface area contributed by atoms with E-state index in [4.69, 9.17) is 0 Å². The molecule has 8 heteroatoms. The van der Waals surface area contributed by atoms with Crippen LogP contribution in [0.5, 0.6) is 0 Å². The average molecular weight is 376 g/mol. The molecule has 1 fully saturated rings. The van der Waals surface area contributed by atoms with Crippen molar-refractivity contribution in [3.05, 3.63) is 22.4 Å². The molecular weight excluding hydrogens is 348 g/mol. The van der Waals surface area contributed by atoms with Crippen molar-refractivity contribution >= 4 is 17.6 Å². The number of likely N-dealkylation sites (tertiary alicyclic amines) is 1. The van der Waals surface area contributed by atoms with Gasteiger partial charge in [0.05, 0.1) is 6.20 Å². The maximum Gasteiger partial charge on any atom is 0.326 e. The minimum absolute atomic E-state index is 0.0113. The van der Waals surface area contributed by atoms with Gasteiger partial charge in [-0.25, -0.2) is 9.78 Å². The van der Waals surface area contributed by atoms with Crippen LogP contribution in [0.15, 0.2) is 11.0 Å². The van der Waals surface area contributed by atoms with Crippen LogP contribution >= 0.6 is 0 Å². The summed E-state index contributed by atoms with van der Waals surface area (Å²) < 4.78 is 1.27. The first kappa shape index (κ1) is 19.4. The lowest BCUT2D eigenvalue weighted by Crippen LogP contribution is -2.39. The van der Waals surface area contributed by atoms with Gasteiger partial charge in [0.25, 0.3) is 5.56 Å². The summed E-state index contributed by atoms with van der Waals surface area (Å²) in [6.07, 6.45) is 5.81. The van der Waals surface area contributed by atoms with Crippen molar-refractivity contribution in [2.75, 3.05) is 25.0 Å². The smallest absolute Gasteiger partial charge is 0.326 e. The van der Waals surface area contributed by atoms with E-state index in [-0.39, 0.29) is 24.3 Å². The van der Waals surface area contributed by atoms with Gasteiger partial charge in [-0.3, -0.25) is 14.2 Å². The zero-order valence-corrected chi connectivity index (χ0v) is 16.0. The van der Waals surface area contributed by atoms with Crippen LogP contribution < -0.4 is 10.9 Å². The molecule has 2 aliphatic rings. The summed E-state index contributed by atoms with van der Waals surface area (Å²) in [4.78, 5) is 43.7. The van der Waals surface area contributed by atoms with Crippen molar-refractivity contribution in [3.8, 4) is 0 Å². The number of rotatable bonds is 6. The number of nitrogens with one attached hydrogen (secondary N) is 1. The molecule has 1 aromatic heterocycles. The first-order valence-electron chi connectivity index (χ1n) is 9.74. The van der Waals surface area contributed by atoms with Crippen LogP contribution in [-0.4, -0.2) is 51.1 Å². The van der Waals surface area contributed by atoms with Gasteiger partial charge < -0.3 is 15.3 Å². The predicted octanol–water partition coefficient (Wildman–Crippen LogP) is 1.75. The van der Waals surface area contributed by atoms with Gasteiger partial charge in [0.1, 0.15) is 17.6 Å². The van der Waals surface area contributed by atoms with Gasteiger partial charge in [-0.2, -0.15) is 0 Å². The lowest BCUT2D eigenvalue weighted by molar-refractivity contribution is -0.141. The fourth-order valence-electron chi connectivity index (χ4n) is 4.13. The number of carbonyl (C=O) groups is 2. The monoisotopic (exact) mass is 376 g/mol. The van der Waals surface area contributed by atoms with Crippen LogP contribution in [-0.2, 0) is 15.0 Å². The van der Waals surface area contributed by atoms with Crippen LogP contribution in [0.25, 0.3) is 0 Å². The molecule has 2 N–H and O–H groups in total. The minimum atomic E-state index is -1.07. The molecule has 3 rings (SSSR count). The van der Waals surface area contributed by atoms with E-state index in [0.717, 1.165) is 38.8 Å². The van der Waals surface area contributed by atoms with Gasteiger partial charge >= 0.3 is 5.97 Å². The van der Waals surface area contributed by atoms with Crippen LogP contribution in [0.1, 0.15) is 64.2 Å². The second kappa shape index (κ2) is 7.70. The third-order valence-corrected chi connectivity index (χ3v) is 5.59. The SMILES string of the molecule is CCCNc1cnc2n(c1=O)[C@@H](C(=O)O)C[C@@]2(C)CC(=O)N1CCCCC1. The van der Waals surface area contributed by atoms with Gasteiger partial charge in [0.15, 0.2) is 0 Å². The Morgan fingerprint density at radius 1 is 1.33 bits per heavy atom. The second-order valence-electron chi connectivity index (χ2n) is 7.83. The number of amides is 1. The number of aromatic nitrogens is 2. The fourth-order valence-corrected chi connectivity index (χ4v) is 4.13. The number of piperidine rings is 1. The minimum Gasteiger partial charge on any atom is -0.480 e. The Kier molecular flexibility index (Phi) is 5.53. The molecule has 8 nitrogen and oxygen atoms in total. The van der Waals surface area contributed by atoms with Crippen LogP contribution in [0.4, 0.5) is 5.69 Å². The zero-order valence-electron chi connectivity index (χ0n) is 16.0. The van der Waals surface area contributed by atoms with Crippen LogP contribution in [0.2, 0.25) is 0 Å². The van der Waals surface area contributed by atoms with E-state index in [1.807, 2.05) is 18.7 Å². The van der Waals surface area contributed by atoms with Crippen molar-refractivity contribution in [2.24, 2.45) is 0 Å². The maximum absolute atomic E-state index is 12.9. The zero-order chi connectivity index (χ0) is 19.6. The van der Waals surface area contributed by atoms with E-state index in [2.05, 4.69) is 10.3 Å². The summed E-state index contributed by atoms with van der Waals surface area (Å²) in [5.74, 6) is -0.661. The van der Waals surface area contributed by atoms with Gasteiger partial charge in [0.2, 0.25) is 5.91 Å². The number of carboxylic acids is 1. The Labute approximate surface area is 158 Å². The highest BCUT2D eigenvalue weighted by Gasteiger charge is 2.47. The van der Waals surface area contributed by atoms with E-state index in [9.17, 15) is 19.5 Å². The molecule has 0 aromatic carbocycles. The number of nitrogens with zero attached hydrogens (tertiary/aromatic N) is 3. The lowest BCUT2D eigenvalue weighted by Gasteiger charge is -2.30. The quantitative estimate of drug-likeness (QED) is 0.784. The number of carboxylic acid groups (broad SMARTS) is 1. The second-order valence-corrected chi connectivity index (χ2v) is 7.83. The molecule has 0 bridgehead atoms. The standard InChI is InChI=1S/C19H28N4O4/c1-3-7-20-13-12-21-18-19(2,10-14(17(26)27)23(18)16(13)25)11-15(24)22-8-5-4-6-9-22/h12,14,20H,3-11H2,1-2H3,(H,26,27)/t14-,19+/m1/s1. The Morgan fingerprint density at radius 3 is 2.67 bits per heavy atom.